The number of alkyl halides is 3. The number of carbonyl (C=O) groups is 1. The van der Waals surface area contributed by atoms with Gasteiger partial charge in [-0.15, -0.1) is 0 Å². The standard InChI is InChI=1S/C15H20F3N3O3/c1-4-11(5-2)20-14(22)9(3)19-12-7-6-10(15(16,17)18)8-13(12)21(23)24/h6-9,11,19H,4-5H2,1-3H3,(H,20,22)/t9-/m0/s1. The average molecular weight is 347 g/mol. The summed E-state index contributed by atoms with van der Waals surface area (Å²) >= 11 is 0. The quantitative estimate of drug-likeness (QED) is 0.581. The van der Waals surface area contributed by atoms with Crippen LogP contribution in [0.5, 0.6) is 0 Å². The summed E-state index contributed by atoms with van der Waals surface area (Å²) in [6.45, 7) is 5.31. The van der Waals surface area contributed by atoms with Crippen molar-refractivity contribution in [2.24, 2.45) is 0 Å². The topological polar surface area (TPSA) is 84.3 Å². The van der Waals surface area contributed by atoms with Crippen LogP contribution in [0.1, 0.15) is 39.2 Å². The lowest BCUT2D eigenvalue weighted by molar-refractivity contribution is -0.384. The molecule has 0 spiro atoms. The zero-order valence-corrected chi connectivity index (χ0v) is 13.6. The third-order valence-corrected chi connectivity index (χ3v) is 3.62. The maximum atomic E-state index is 12.7. The second kappa shape index (κ2) is 7.98. The van der Waals surface area contributed by atoms with Crippen LogP contribution < -0.4 is 10.6 Å². The van der Waals surface area contributed by atoms with E-state index in [0.29, 0.717) is 6.07 Å². The molecule has 9 heteroatoms. The normalized spacial score (nSPS) is 12.8. The van der Waals surface area contributed by atoms with E-state index >= 15 is 0 Å². The summed E-state index contributed by atoms with van der Waals surface area (Å²) in [6.07, 6.45) is -3.22. The molecule has 24 heavy (non-hydrogen) atoms. The Hall–Kier alpha value is -2.32. The molecule has 1 atom stereocenters. The SMILES string of the molecule is CCC(CC)NC(=O)[C@H](C)Nc1ccc(C(F)(F)F)cc1[N+](=O)[O-]. The van der Waals surface area contributed by atoms with Crippen LogP contribution >= 0.6 is 0 Å². The molecule has 0 bridgehead atoms. The van der Waals surface area contributed by atoms with E-state index in [-0.39, 0.29) is 17.6 Å². The van der Waals surface area contributed by atoms with Crippen molar-refractivity contribution in [1.29, 1.82) is 0 Å². The number of rotatable bonds is 7. The van der Waals surface area contributed by atoms with E-state index in [9.17, 15) is 28.1 Å². The largest absolute Gasteiger partial charge is 0.416 e. The van der Waals surface area contributed by atoms with Crippen molar-refractivity contribution in [3.05, 3.63) is 33.9 Å². The summed E-state index contributed by atoms with van der Waals surface area (Å²) in [5, 5.41) is 16.4. The summed E-state index contributed by atoms with van der Waals surface area (Å²) in [5.41, 5.74) is -1.99. The van der Waals surface area contributed by atoms with Gasteiger partial charge >= 0.3 is 6.18 Å². The second-order valence-corrected chi connectivity index (χ2v) is 5.37. The zero-order chi connectivity index (χ0) is 18.5. The van der Waals surface area contributed by atoms with Crippen LogP contribution in [0.25, 0.3) is 0 Å². The lowest BCUT2D eigenvalue weighted by Crippen LogP contribution is -2.42. The first-order valence-corrected chi connectivity index (χ1v) is 7.52. The molecule has 0 heterocycles. The Labute approximate surface area is 137 Å². The number of nitrogens with zero attached hydrogens (tertiary/aromatic N) is 1. The Morgan fingerprint density at radius 3 is 2.33 bits per heavy atom. The minimum absolute atomic E-state index is 0.0238. The van der Waals surface area contributed by atoms with Gasteiger partial charge in [0.25, 0.3) is 5.69 Å². The number of nitro groups is 1. The van der Waals surface area contributed by atoms with E-state index in [1.165, 1.54) is 6.92 Å². The second-order valence-electron chi connectivity index (χ2n) is 5.37. The Morgan fingerprint density at radius 1 is 1.29 bits per heavy atom. The molecule has 1 rings (SSSR count). The number of amides is 1. The highest BCUT2D eigenvalue weighted by molar-refractivity contribution is 5.85. The van der Waals surface area contributed by atoms with Crippen LogP contribution in [0.15, 0.2) is 18.2 Å². The maximum Gasteiger partial charge on any atom is 0.416 e. The van der Waals surface area contributed by atoms with Gasteiger partial charge in [-0.3, -0.25) is 14.9 Å². The van der Waals surface area contributed by atoms with E-state index in [1.807, 2.05) is 13.8 Å². The summed E-state index contributed by atoms with van der Waals surface area (Å²) in [4.78, 5) is 22.2. The minimum atomic E-state index is -4.68. The predicted molar refractivity (Wildman–Crippen MR) is 83.7 cm³/mol. The fraction of sp³-hybridized carbons (Fsp3) is 0.533. The van der Waals surface area contributed by atoms with E-state index in [4.69, 9.17) is 0 Å². The summed E-state index contributed by atoms with van der Waals surface area (Å²) in [6, 6.07) is 1.29. The molecule has 1 amide bonds. The number of halogens is 3. The molecule has 0 aliphatic heterocycles. The number of benzene rings is 1. The van der Waals surface area contributed by atoms with Gasteiger partial charge in [-0.05, 0) is 31.9 Å². The van der Waals surface area contributed by atoms with Gasteiger partial charge in [0.15, 0.2) is 0 Å². The Kier molecular flexibility index (Phi) is 6.56. The Bertz CT molecular complexity index is 601. The fourth-order valence-corrected chi connectivity index (χ4v) is 2.10. The van der Waals surface area contributed by atoms with Crippen LogP contribution in [0, 0.1) is 10.1 Å². The van der Waals surface area contributed by atoms with Gasteiger partial charge in [-0.2, -0.15) is 13.2 Å². The molecule has 0 radical (unpaired) electrons. The molecule has 0 fully saturated rings. The highest BCUT2D eigenvalue weighted by atomic mass is 19.4. The van der Waals surface area contributed by atoms with Crippen molar-refractivity contribution in [3.8, 4) is 0 Å². The number of carbonyl (C=O) groups excluding carboxylic acids is 1. The van der Waals surface area contributed by atoms with E-state index in [1.54, 1.807) is 0 Å². The number of hydrogen-bond acceptors (Lipinski definition) is 4. The van der Waals surface area contributed by atoms with Gasteiger partial charge in [-0.1, -0.05) is 13.8 Å². The fourth-order valence-electron chi connectivity index (χ4n) is 2.10. The van der Waals surface area contributed by atoms with Crippen LogP contribution in [0.4, 0.5) is 24.5 Å². The molecule has 0 aliphatic carbocycles. The van der Waals surface area contributed by atoms with Gasteiger partial charge in [0.05, 0.1) is 10.5 Å². The van der Waals surface area contributed by atoms with E-state index in [2.05, 4.69) is 10.6 Å². The lowest BCUT2D eigenvalue weighted by atomic mass is 10.1. The summed E-state index contributed by atoms with van der Waals surface area (Å²) in [5.74, 6) is -0.377. The number of anilines is 1. The first kappa shape index (κ1) is 19.7. The molecule has 0 saturated heterocycles. The molecule has 1 aromatic carbocycles. The van der Waals surface area contributed by atoms with Gasteiger partial charge in [0.2, 0.25) is 5.91 Å². The first-order valence-electron chi connectivity index (χ1n) is 7.52. The molecular weight excluding hydrogens is 327 g/mol. The van der Waals surface area contributed by atoms with Crippen LogP contribution in [0.3, 0.4) is 0 Å². The van der Waals surface area contributed by atoms with Crippen LogP contribution in [0.2, 0.25) is 0 Å². The average Bonchev–Trinajstić information content (AvgIpc) is 2.51. The van der Waals surface area contributed by atoms with E-state index in [0.717, 1.165) is 25.0 Å². The molecule has 134 valence electrons. The van der Waals surface area contributed by atoms with Crippen LogP contribution in [-0.4, -0.2) is 22.9 Å². The number of nitro benzene ring substituents is 1. The number of hydrogen-bond donors (Lipinski definition) is 2. The molecule has 0 aliphatic rings. The Morgan fingerprint density at radius 2 is 1.88 bits per heavy atom. The third-order valence-electron chi connectivity index (χ3n) is 3.62. The van der Waals surface area contributed by atoms with Crippen molar-refractivity contribution in [2.45, 2.75) is 51.9 Å². The first-order chi connectivity index (χ1) is 11.1. The van der Waals surface area contributed by atoms with Gasteiger partial charge in [0, 0.05) is 12.1 Å². The molecule has 0 unspecified atom stereocenters. The predicted octanol–water partition coefficient (Wildman–Crippen LogP) is 3.72. The highest BCUT2D eigenvalue weighted by Gasteiger charge is 2.33. The van der Waals surface area contributed by atoms with Crippen molar-refractivity contribution >= 4 is 17.3 Å². The van der Waals surface area contributed by atoms with Crippen molar-refractivity contribution in [1.82, 2.24) is 5.32 Å². The van der Waals surface area contributed by atoms with Crippen molar-refractivity contribution < 1.29 is 22.9 Å². The monoisotopic (exact) mass is 347 g/mol. The third kappa shape index (κ3) is 5.10. The van der Waals surface area contributed by atoms with Gasteiger partial charge in [0.1, 0.15) is 11.7 Å². The van der Waals surface area contributed by atoms with E-state index < -0.39 is 28.4 Å². The van der Waals surface area contributed by atoms with Gasteiger partial charge < -0.3 is 10.6 Å². The molecule has 6 nitrogen and oxygen atoms in total. The van der Waals surface area contributed by atoms with Crippen molar-refractivity contribution in [3.63, 3.8) is 0 Å². The van der Waals surface area contributed by atoms with Gasteiger partial charge in [-0.25, -0.2) is 0 Å². The maximum absolute atomic E-state index is 12.7. The smallest absolute Gasteiger partial charge is 0.368 e. The van der Waals surface area contributed by atoms with Crippen LogP contribution in [-0.2, 0) is 11.0 Å². The van der Waals surface area contributed by atoms with Crippen molar-refractivity contribution in [2.75, 3.05) is 5.32 Å². The molecule has 0 saturated carbocycles. The summed E-state index contributed by atoms with van der Waals surface area (Å²) in [7, 11) is 0. The number of nitrogens with one attached hydrogen (secondary N) is 2. The molecule has 1 aromatic rings. The molecular formula is C15H20F3N3O3. The highest BCUT2D eigenvalue weighted by Crippen LogP contribution is 2.35. The zero-order valence-electron chi connectivity index (χ0n) is 13.6. The molecule has 0 aromatic heterocycles. The summed E-state index contributed by atoms with van der Waals surface area (Å²) < 4.78 is 38.0. The molecule has 2 N–H and O–H groups in total. The lowest BCUT2D eigenvalue weighted by Gasteiger charge is -2.20. The minimum Gasteiger partial charge on any atom is -0.368 e. The Balaban J connectivity index is 2.98.